The van der Waals surface area contributed by atoms with E-state index in [-0.39, 0.29) is 37.1 Å². The second-order valence-corrected chi connectivity index (χ2v) is 7.13. The SMILES string of the molecule is Cl.Cl.NC(=O)Cc1ccc(-c2ccc(N[C@H]3C[C@H]4CNC[C@H]4C3)nn2)cc1. The van der Waals surface area contributed by atoms with E-state index in [1.165, 1.54) is 12.8 Å². The zero-order valence-electron chi connectivity index (χ0n) is 14.9. The number of carbonyl (C=O) groups excluding carboxylic acids is 1. The molecular weight excluding hydrogens is 385 g/mol. The lowest BCUT2D eigenvalue weighted by Gasteiger charge is -2.14. The van der Waals surface area contributed by atoms with Crippen molar-refractivity contribution >= 4 is 36.5 Å². The van der Waals surface area contributed by atoms with Crippen LogP contribution in [0.25, 0.3) is 11.3 Å². The molecule has 0 radical (unpaired) electrons. The van der Waals surface area contributed by atoms with Crippen LogP contribution in [0, 0.1) is 11.8 Å². The molecular formula is C19H25Cl2N5O. The molecule has 6 nitrogen and oxygen atoms in total. The highest BCUT2D eigenvalue weighted by Gasteiger charge is 2.37. The van der Waals surface area contributed by atoms with E-state index < -0.39 is 0 Å². The van der Waals surface area contributed by atoms with E-state index >= 15 is 0 Å². The molecule has 4 rings (SSSR count). The summed E-state index contributed by atoms with van der Waals surface area (Å²) >= 11 is 0. The molecule has 146 valence electrons. The molecule has 8 heteroatoms. The molecule has 2 fully saturated rings. The third-order valence-electron chi connectivity index (χ3n) is 5.30. The number of fused-ring (bicyclic) bond motifs is 1. The molecule has 27 heavy (non-hydrogen) atoms. The quantitative estimate of drug-likeness (QED) is 0.704. The Balaban J connectivity index is 0.00000131. The Morgan fingerprint density at radius 3 is 2.26 bits per heavy atom. The van der Waals surface area contributed by atoms with Crippen LogP contribution in [-0.4, -0.2) is 35.2 Å². The van der Waals surface area contributed by atoms with Crippen molar-refractivity contribution in [2.24, 2.45) is 17.6 Å². The second kappa shape index (κ2) is 9.35. The number of primary amides is 1. The van der Waals surface area contributed by atoms with E-state index in [0.717, 1.165) is 47.6 Å². The number of amides is 1. The molecule has 2 aliphatic rings. The van der Waals surface area contributed by atoms with Gasteiger partial charge in [0.2, 0.25) is 5.91 Å². The summed E-state index contributed by atoms with van der Waals surface area (Å²) in [6.45, 7) is 2.30. The number of nitrogens with zero attached hydrogens (tertiary/aromatic N) is 2. The minimum Gasteiger partial charge on any atom is -0.369 e. The minimum atomic E-state index is -0.324. The fraction of sp³-hybridized carbons (Fsp3) is 0.421. The highest BCUT2D eigenvalue weighted by molar-refractivity contribution is 5.85. The van der Waals surface area contributed by atoms with Crippen LogP contribution in [0.2, 0.25) is 0 Å². The summed E-state index contributed by atoms with van der Waals surface area (Å²) in [6.07, 6.45) is 2.68. The average molecular weight is 410 g/mol. The molecule has 1 amide bonds. The van der Waals surface area contributed by atoms with Crippen molar-refractivity contribution in [3.63, 3.8) is 0 Å². The van der Waals surface area contributed by atoms with Crippen molar-refractivity contribution in [2.75, 3.05) is 18.4 Å². The Labute approximate surface area is 171 Å². The van der Waals surface area contributed by atoms with Crippen LogP contribution in [0.15, 0.2) is 36.4 Å². The Kier molecular flexibility index (Phi) is 7.41. The summed E-state index contributed by atoms with van der Waals surface area (Å²) in [5, 5.41) is 15.7. The van der Waals surface area contributed by atoms with Gasteiger partial charge in [0.05, 0.1) is 12.1 Å². The normalized spacial score (nSPS) is 23.0. The maximum absolute atomic E-state index is 11.0. The molecule has 4 N–H and O–H groups in total. The van der Waals surface area contributed by atoms with Crippen LogP contribution in [0.1, 0.15) is 18.4 Å². The fourth-order valence-electron chi connectivity index (χ4n) is 4.05. The molecule has 0 unspecified atom stereocenters. The van der Waals surface area contributed by atoms with Crippen LogP contribution >= 0.6 is 24.8 Å². The van der Waals surface area contributed by atoms with Gasteiger partial charge in [0.25, 0.3) is 0 Å². The lowest BCUT2D eigenvalue weighted by atomic mass is 10.0. The maximum Gasteiger partial charge on any atom is 0.221 e. The second-order valence-electron chi connectivity index (χ2n) is 7.13. The molecule has 1 saturated heterocycles. The van der Waals surface area contributed by atoms with Crippen molar-refractivity contribution in [3.05, 3.63) is 42.0 Å². The monoisotopic (exact) mass is 409 g/mol. The van der Waals surface area contributed by atoms with Gasteiger partial charge >= 0.3 is 0 Å². The van der Waals surface area contributed by atoms with Gasteiger partial charge < -0.3 is 16.4 Å². The maximum atomic E-state index is 11.0. The first-order chi connectivity index (χ1) is 12.2. The molecule has 3 atom stereocenters. The van der Waals surface area contributed by atoms with Gasteiger partial charge in [-0.1, -0.05) is 24.3 Å². The fourth-order valence-corrected chi connectivity index (χ4v) is 4.05. The third-order valence-corrected chi connectivity index (χ3v) is 5.30. The predicted octanol–water partition coefficient (Wildman–Crippen LogP) is 2.42. The highest BCUT2D eigenvalue weighted by atomic mass is 35.5. The van der Waals surface area contributed by atoms with Crippen molar-refractivity contribution in [3.8, 4) is 11.3 Å². The Hall–Kier alpha value is -1.89. The number of hydrogen-bond acceptors (Lipinski definition) is 5. The number of halogens is 2. The summed E-state index contributed by atoms with van der Waals surface area (Å²) in [6, 6.07) is 12.2. The smallest absolute Gasteiger partial charge is 0.221 e. The molecule has 1 aliphatic heterocycles. The van der Waals surface area contributed by atoms with Crippen LogP contribution in [-0.2, 0) is 11.2 Å². The number of carbonyl (C=O) groups is 1. The molecule has 2 aromatic rings. The molecule has 1 aromatic heterocycles. The summed E-state index contributed by atoms with van der Waals surface area (Å²) < 4.78 is 0. The average Bonchev–Trinajstić information content (AvgIpc) is 3.17. The van der Waals surface area contributed by atoms with Crippen LogP contribution in [0.4, 0.5) is 5.82 Å². The van der Waals surface area contributed by atoms with E-state index in [1.54, 1.807) is 0 Å². The Morgan fingerprint density at radius 1 is 1.04 bits per heavy atom. The number of nitrogens with two attached hydrogens (primary N) is 1. The van der Waals surface area contributed by atoms with Crippen molar-refractivity contribution in [1.82, 2.24) is 15.5 Å². The largest absolute Gasteiger partial charge is 0.369 e. The number of hydrogen-bond donors (Lipinski definition) is 3. The third kappa shape index (κ3) is 5.09. The zero-order chi connectivity index (χ0) is 17.2. The Morgan fingerprint density at radius 2 is 1.70 bits per heavy atom. The van der Waals surface area contributed by atoms with Gasteiger partial charge in [-0.3, -0.25) is 4.79 Å². The first-order valence-electron chi connectivity index (χ1n) is 8.86. The lowest BCUT2D eigenvalue weighted by Crippen LogP contribution is -2.21. The van der Waals surface area contributed by atoms with E-state index in [9.17, 15) is 4.79 Å². The van der Waals surface area contributed by atoms with Gasteiger partial charge in [0.1, 0.15) is 5.82 Å². The van der Waals surface area contributed by atoms with Gasteiger partial charge in [-0.2, -0.15) is 0 Å². The van der Waals surface area contributed by atoms with Crippen molar-refractivity contribution in [2.45, 2.75) is 25.3 Å². The Bertz CT molecular complexity index is 742. The minimum absolute atomic E-state index is 0. The van der Waals surface area contributed by atoms with Gasteiger partial charge in [0.15, 0.2) is 0 Å². The van der Waals surface area contributed by atoms with E-state index in [0.29, 0.717) is 6.04 Å². The summed E-state index contributed by atoms with van der Waals surface area (Å²) in [4.78, 5) is 11.0. The van der Waals surface area contributed by atoms with E-state index in [4.69, 9.17) is 5.73 Å². The number of rotatable bonds is 5. The van der Waals surface area contributed by atoms with Crippen LogP contribution in [0.3, 0.4) is 0 Å². The topological polar surface area (TPSA) is 92.9 Å². The van der Waals surface area contributed by atoms with Gasteiger partial charge in [-0.05, 0) is 55.5 Å². The first-order valence-corrected chi connectivity index (χ1v) is 8.86. The van der Waals surface area contributed by atoms with E-state index in [2.05, 4.69) is 20.8 Å². The summed E-state index contributed by atoms with van der Waals surface area (Å²) in [7, 11) is 0. The molecule has 0 bridgehead atoms. The molecule has 1 saturated carbocycles. The van der Waals surface area contributed by atoms with Crippen molar-refractivity contribution < 1.29 is 4.79 Å². The van der Waals surface area contributed by atoms with Crippen LogP contribution < -0.4 is 16.4 Å². The standard InChI is InChI=1S/C19H23N5O.2ClH/c20-18(25)7-12-1-3-13(4-2-12)17-5-6-19(24-23-17)22-16-8-14-10-21-11-15(14)9-16;;/h1-6,14-16,21H,7-11H2,(H2,20,25)(H,22,24);2*1H/t14-,15+,16-;;. The molecule has 1 aromatic carbocycles. The van der Waals surface area contributed by atoms with Crippen molar-refractivity contribution in [1.29, 1.82) is 0 Å². The number of aromatic nitrogens is 2. The summed E-state index contributed by atoms with van der Waals surface area (Å²) in [5.74, 6) is 2.13. The van der Waals surface area contributed by atoms with Gasteiger partial charge in [-0.25, -0.2) is 0 Å². The van der Waals surface area contributed by atoms with Crippen LogP contribution in [0.5, 0.6) is 0 Å². The van der Waals surface area contributed by atoms with Gasteiger partial charge in [0, 0.05) is 11.6 Å². The molecule has 2 heterocycles. The number of nitrogens with one attached hydrogen (secondary N) is 2. The number of benzene rings is 1. The molecule has 0 spiro atoms. The van der Waals surface area contributed by atoms with E-state index in [1.807, 2.05) is 36.4 Å². The number of anilines is 1. The lowest BCUT2D eigenvalue weighted by molar-refractivity contribution is -0.117. The zero-order valence-corrected chi connectivity index (χ0v) is 16.6. The molecule has 1 aliphatic carbocycles. The van der Waals surface area contributed by atoms with Gasteiger partial charge in [-0.15, -0.1) is 35.0 Å². The summed E-state index contributed by atoms with van der Waals surface area (Å²) in [5.41, 5.74) is 7.92. The predicted molar refractivity (Wildman–Crippen MR) is 111 cm³/mol. The first kappa shape index (κ1) is 21.4. The highest BCUT2D eigenvalue weighted by Crippen LogP contribution is 2.35.